The van der Waals surface area contributed by atoms with Crippen molar-refractivity contribution in [3.05, 3.63) is 35.9 Å². The summed E-state index contributed by atoms with van der Waals surface area (Å²) in [6, 6.07) is 8.84. The molecule has 1 aromatic rings. The van der Waals surface area contributed by atoms with Crippen molar-refractivity contribution in [3.8, 4) is 0 Å². The van der Waals surface area contributed by atoms with Crippen LogP contribution >= 0.6 is 0 Å². The van der Waals surface area contributed by atoms with Gasteiger partial charge in [-0.25, -0.2) is 0 Å². The summed E-state index contributed by atoms with van der Waals surface area (Å²) in [7, 11) is 0. The molecule has 58 valence electrons. The molecule has 0 saturated heterocycles. The summed E-state index contributed by atoms with van der Waals surface area (Å²) < 4.78 is 0. The predicted octanol–water partition coefficient (Wildman–Crippen LogP) is -1.51. The fraction of sp³-hybridized carbons (Fsp3) is 0. The van der Waals surface area contributed by atoms with Crippen molar-refractivity contribution in [1.29, 1.82) is 0 Å². The summed E-state index contributed by atoms with van der Waals surface area (Å²) in [4.78, 5) is 10.5. The van der Waals surface area contributed by atoms with E-state index in [1.807, 2.05) is 6.07 Å². The van der Waals surface area contributed by atoms with Crippen LogP contribution in [0.15, 0.2) is 30.3 Å². The van der Waals surface area contributed by atoms with Crippen LogP contribution in [-0.4, -0.2) is 5.12 Å². The quantitative estimate of drug-likeness (QED) is 0.449. The number of rotatable bonds is 1. The summed E-state index contributed by atoms with van der Waals surface area (Å²) in [5, 5.41) is -0.296. The third-order valence-corrected chi connectivity index (χ3v) is 1.25. The van der Waals surface area contributed by atoms with E-state index in [9.17, 15) is 4.79 Å². The van der Waals surface area contributed by atoms with E-state index >= 15 is 0 Å². The summed E-state index contributed by atoms with van der Waals surface area (Å²) in [6.07, 6.45) is 0. The number of carbonyl (C=O) groups is 1. The van der Waals surface area contributed by atoms with Gasteiger partial charge in [-0.2, -0.15) is 0 Å². The molecule has 1 rings (SSSR count). The topological polar surface area (TPSA) is 17.1 Å². The molecule has 1 nitrogen and oxygen atoms in total. The summed E-state index contributed by atoms with van der Waals surface area (Å²) in [5.41, 5.74) is 0.590. The molecule has 1 aromatic carbocycles. The monoisotopic (exact) mass is 358 g/mol. The van der Waals surface area contributed by atoms with Gasteiger partial charge in [0.15, 0.2) is 0 Å². The van der Waals surface area contributed by atoms with Crippen LogP contribution in [0.5, 0.6) is 0 Å². The van der Waals surface area contributed by atoms with Gasteiger partial charge in [0.1, 0.15) is 0 Å². The zero-order chi connectivity index (χ0) is 6.69. The van der Waals surface area contributed by atoms with E-state index in [-0.39, 0.29) is 58.5 Å². The fourth-order valence-electron chi connectivity index (χ4n) is 0.574. The van der Waals surface area contributed by atoms with Gasteiger partial charge in [-0.3, -0.25) is 0 Å². The first-order chi connectivity index (χ1) is 4.30. The van der Waals surface area contributed by atoms with Gasteiger partial charge in [0.05, 0.1) is 0 Å². The number of hydrogen-bond donors (Lipinski definition) is 0. The van der Waals surface area contributed by atoms with Crippen molar-refractivity contribution >= 4 is 17.7 Å². The Labute approximate surface area is 111 Å². The molecular weight excluding hydrogens is 352 g/mol. The van der Waals surface area contributed by atoms with Crippen molar-refractivity contribution in [2.24, 2.45) is 0 Å². The van der Waals surface area contributed by atoms with Gasteiger partial charge in [0, 0.05) is 5.12 Å². The van der Waals surface area contributed by atoms with E-state index in [0.717, 1.165) is 0 Å². The van der Waals surface area contributed by atoms with E-state index in [2.05, 4.69) is 12.6 Å². The molecule has 0 unspecified atom stereocenters. The van der Waals surface area contributed by atoms with E-state index in [0.29, 0.717) is 5.56 Å². The zero-order valence-electron chi connectivity index (χ0n) is 7.00. The van der Waals surface area contributed by atoms with Crippen LogP contribution < -0.4 is 29.6 Å². The van der Waals surface area contributed by atoms with Crippen LogP contribution in [-0.2, 0) is 35.0 Å². The fourth-order valence-corrected chi connectivity index (χ4v) is 0.710. The van der Waals surface area contributed by atoms with Gasteiger partial charge >= 0.3 is 51.9 Å². The average Bonchev–Trinajstić information content (AvgIpc) is 1.90. The Bertz CT molecular complexity index is 220. The average molecular weight is 358 g/mol. The maximum atomic E-state index is 10.5. The first-order valence-electron chi connectivity index (χ1n) is 2.57. The van der Waals surface area contributed by atoms with Gasteiger partial charge < -0.3 is 18.8 Å². The molecule has 11 heavy (non-hydrogen) atoms. The van der Waals surface area contributed by atoms with Crippen molar-refractivity contribution < 1.29 is 58.2 Å². The Balaban J connectivity index is -0.000000270. The van der Waals surface area contributed by atoms with Crippen molar-refractivity contribution in [3.63, 3.8) is 0 Å². The maximum absolute atomic E-state index is 10.5. The number of hydrogen-bond acceptors (Lipinski definition) is 2. The first-order valence-corrected chi connectivity index (χ1v) is 2.98. The van der Waals surface area contributed by atoms with Crippen LogP contribution in [0.3, 0.4) is 0 Å². The van der Waals surface area contributed by atoms with Gasteiger partial charge in [0.25, 0.3) is 0 Å². The molecule has 4 heteroatoms. The molecule has 0 spiro atoms. The van der Waals surface area contributed by atoms with Gasteiger partial charge in [-0.1, -0.05) is 30.3 Å². The molecule has 0 fully saturated rings. The molecule has 0 bridgehead atoms. The third-order valence-electron chi connectivity index (χ3n) is 1.01. The zero-order valence-corrected chi connectivity index (χ0v) is 11.0. The van der Waals surface area contributed by atoms with E-state index in [4.69, 9.17) is 0 Å². The number of benzene rings is 1. The Kier molecular flexibility index (Phi) is 9.80. The van der Waals surface area contributed by atoms with E-state index in [1.165, 1.54) is 0 Å². The minimum atomic E-state index is -0.296. The minimum Gasteiger partial charge on any atom is -1.00 e. The molecule has 0 amide bonds. The van der Waals surface area contributed by atoms with Crippen LogP contribution in [0.1, 0.15) is 11.8 Å². The van der Waals surface area contributed by atoms with Crippen LogP contribution in [0.4, 0.5) is 0 Å². The van der Waals surface area contributed by atoms with Gasteiger partial charge in [0.2, 0.25) is 0 Å². The summed E-state index contributed by atoms with van der Waals surface area (Å²) in [5.74, 6) is 0. The molecule has 0 atom stereocenters. The standard InChI is InChI=1S/C7H6OS.Au.Na.H/c8-7(9)6-4-2-1-3-5-6;;;/h1-5H,(H,8,9);;;/q;2*+1;-1/p-1. The smallest absolute Gasteiger partial charge is 1.00 e. The molecule has 0 N–H and O–H groups in total. The molecule has 0 saturated carbocycles. The summed E-state index contributed by atoms with van der Waals surface area (Å²) >= 11 is 4.41. The van der Waals surface area contributed by atoms with Crippen LogP contribution in [0, 0.1) is 0 Å². The van der Waals surface area contributed by atoms with Crippen molar-refractivity contribution in [2.75, 3.05) is 0 Å². The van der Waals surface area contributed by atoms with Gasteiger partial charge in [-0.15, -0.1) is 0 Å². The van der Waals surface area contributed by atoms with Crippen LogP contribution in [0.2, 0.25) is 0 Å². The molecule has 0 aliphatic heterocycles. The molecule has 0 aliphatic carbocycles. The Morgan fingerprint density at radius 1 is 1.27 bits per heavy atom. The second kappa shape index (κ2) is 7.50. The largest absolute Gasteiger partial charge is 1.00 e. The minimum absolute atomic E-state index is 0. The molecule has 0 aliphatic rings. The van der Waals surface area contributed by atoms with E-state index in [1.54, 1.807) is 24.3 Å². The second-order valence-corrected chi connectivity index (χ2v) is 2.02. The third kappa shape index (κ3) is 5.15. The Morgan fingerprint density at radius 2 is 1.73 bits per heavy atom. The van der Waals surface area contributed by atoms with Gasteiger partial charge in [-0.05, 0) is 5.56 Å². The van der Waals surface area contributed by atoms with Crippen molar-refractivity contribution in [2.45, 2.75) is 0 Å². The molecule has 0 heterocycles. The molecule has 0 aromatic heterocycles. The number of carbonyl (C=O) groups excluding carboxylic acids is 1. The molecular formula is C7H6AuNaOS. The normalized spacial score (nSPS) is 7.27. The first kappa shape index (κ1) is 14.4. The Hall–Kier alpha value is 0.850. The Morgan fingerprint density at radius 3 is 2.00 bits per heavy atom. The second-order valence-electron chi connectivity index (χ2n) is 1.65. The summed E-state index contributed by atoms with van der Waals surface area (Å²) in [6.45, 7) is 0. The van der Waals surface area contributed by atoms with Crippen molar-refractivity contribution in [1.82, 2.24) is 0 Å². The predicted molar refractivity (Wildman–Crippen MR) is 39.2 cm³/mol. The SMILES string of the molecule is O=C([S-])c1ccccc1.[Au+].[H-].[Na+]. The maximum Gasteiger partial charge on any atom is 1.00 e. The molecule has 0 radical (unpaired) electrons. The van der Waals surface area contributed by atoms with Crippen LogP contribution in [0.25, 0.3) is 0 Å². The van der Waals surface area contributed by atoms with E-state index < -0.39 is 0 Å².